The van der Waals surface area contributed by atoms with E-state index in [2.05, 4.69) is 4.98 Å². The number of thioether (sulfide) groups is 2. The van der Waals surface area contributed by atoms with Crippen LogP contribution in [0.2, 0.25) is 0 Å². The van der Waals surface area contributed by atoms with Gasteiger partial charge in [0.1, 0.15) is 5.52 Å². The average Bonchev–Trinajstić information content (AvgIpc) is 3.14. The van der Waals surface area contributed by atoms with E-state index in [1.807, 2.05) is 60.7 Å². The van der Waals surface area contributed by atoms with Gasteiger partial charge in [0.25, 0.3) is 0 Å². The Morgan fingerprint density at radius 1 is 0.967 bits per heavy atom. The van der Waals surface area contributed by atoms with E-state index >= 15 is 0 Å². The number of aliphatic carboxylic acids is 2. The van der Waals surface area contributed by atoms with Gasteiger partial charge < -0.3 is 14.6 Å². The number of oxazole rings is 1. The molecule has 0 saturated carbocycles. The Balaban J connectivity index is 1.72. The lowest BCUT2D eigenvalue weighted by Crippen LogP contribution is -2.01. The third kappa shape index (κ3) is 6.67. The quantitative estimate of drug-likeness (QED) is 0.379. The zero-order valence-electron chi connectivity index (χ0n) is 16.1. The summed E-state index contributed by atoms with van der Waals surface area (Å²) in [6.07, 6.45) is 3.86. The molecule has 8 heteroatoms. The highest BCUT2D eigenvalue weighted by Crippen LogP contribution is 2.40. The molecule has 0 bridgehead atoms. The van der Waals surface area contributed by atoms with Crippen LogP contribution in [-0.4, -0.2) is 38.6 Å². The van der Waals surface area contributed by atoms with Crippen molar-refractivity contribution in [2.24, 2.45) is 0 Å². The van der Waals surface area contributed by atoms with Crippen LogP contribution in [0.25, 0.3) is 23.3 Å². The molecule has 0 radical (unpaired) electrons. The van der Waals surface area contributed by atoms with Gasteiger partial charge in [-0.25, -0.2) is 4.98 Å². The first-order valence-corrected chi connectivity index (χ1v) is 11.4. The largest absolute Gasteiger partial charge is 0.481 e. The fourth-order valence-electron chi connectivity index (χ4n) is 2.69. The molecule has 156 valence electrons. The van der Waals surface area contributed by atoms with Crippen LogP contribution in [0.15, 0.2) is 52.9 Å². The Morgan fingerprint density at radius 3 is 2.33 bits per heavy atom. The Kier molecular flexibility index (Phi) is 7.98. The predicted molar refractivity (Wildman–Crippen MR) is 122 cm³/mol. The fourth-order valence-corrected chi connectivity index (χ4v) is 5.34. The molecule has 0 saturated heterocycles. The first-order valence-electron chi connectivity index (χ1n) is 9.31. The summed E-state index contributed by atoms with van der Waals surface area (Å²) in [5.41, 5.74) is 3.50. The summed E-state index contributed by atoms with van der Waals surface area (Å²) in [5, 5.41) is 17.8. The Labute approximate surface area is 182 Å². The van der Waals surface area contributed by atoms with Crippen LogP contribution in [0.3, 0.4) is 0 Å². The van der Waals surface area contributed by atoms with E-state index < -0.39 is 11.9 Å². The zero-order valence-corrected chi connectivity index (χ0v) is 17.7. The smallest absolute Gasteiger partial charge is 0.304 e. The first kappa shape index (κ1) is 22.0. The maximum atomic E-state index is 10.8. The molecule has 0 atom stereocenters. The number of para-hydroxylation sites is 2. The number of nitrogens with zero attached hydrogens (tertiary/aromatic N) is 1. The number of aromatic nitrogens is 1. The summed E-state index contributed by atoms with van der Waals surface area (Å²) in [6.45, 7) is 0. The van der Waals surface area contributed by atoms with Crippen molar-refractivity contribution in [2.45, 2.75) is 17.4 Å². The summed E-state index contributed by atoms with van der Waals surface area (Å²) in [7, 11) is 0. The molecular weight excluding hydrogens is 422 g/mol. The van der Waals surface area contributed by atoms with Gasteiger partial charge in [-0.05, 0) is 35.4 Å². The molecule has 1 aromatic heterocycles. The highest BCUT2D eigenvalue weighted by molar-refractivity contribution is 8.16. The summed E-state index contributed by atoms with van der Waals surface area (Å²) >= 11 is 3.03. The van der Waals surface area contributed by atoms with E-state index in [0.29, 0.717) is 17.4 Å². The number of benzene rings is 2. The number of carbonyl (C=O) groups is 2. The van der Waals surface area contributed by atoms with Gasteiger partial charge in [-0.1, -0.05) is 30.3 Å². The van der Waals surface area contributed by atoms with E-state index in [1.54, 1.807) is 0 Å². The van der Waals surface area contributed by atoms with Gasteiger partial charge in [0.2, 0.25) is 5.89 Å². The zero-order chi connectivity index (χ0) is 21.3. The normalized spacial score (nSPS) is 11.5. The Bertz CT molecular complexity index is 994. The second-order valence-corrected chi connectivity index (χ2v) is 9.11. The van der Waals surface area contributed by atoms with E-state index in [-0.39, 0.29) is 17.4 Å². The molecule has 1 heterocycles. The molecule has 2 aromatic carbocycles. The molecule has 30 heavy (non-hydrogen) atoms. The van der Waals surface area contributed by atoms with Gasteiger partial charge in [0.05, 0.1) is 17.4 Å². The summed E-state index contributed by atoms with van der Waals surface area (Å²) in [4.78, 5) is 26.1. The van der Waals surface area contributed by atoms with Crippen molar-refractivity contribution in [3.63, 3.8) is 0 Å². The predicted octanol–water partition coefficient (Wildman–Crippen LogP) is 5.41. The van der Waals surface area contributed by atoms with E-state index in [4.69, 9.17) is 14.6 Å². The molecule has 3 rings (SSSR count). The van der Waals surface area contributed by atoms with Crippen molar-refractivity contribution >= 4 is 58.7 Å². The van der Waals surface area contributed by atoms with Gasteiger partial charge in [-0.15, -0.1) is 23.5 Å². The monoisotopic (exact) mass is 443 g/mol. The van der Waals surface area contributed by atoms with Crippen molar-refractivity contribution in [3.8, 4) is 0 Å². The van der Waals surface area contributed by atoms with Crippen LogP contribution in [0.5, 0.6) is 0 Å². The summed E-state index contributed by atoms with van der Waals surface area (Å²) in [6, 6.07) is 15.5. The van der Waals surface area contributed by atoms with Gasteiger partial charge in [0, 0.05) is 17.6 Å². The highest BCUT2D eigenvalue weighted by atomic mass is 32.2. The van der Waals surface area contributed by atoms with Gasteiger partial charge in [-0.3, -0.25) is 9.59 Å². The maximum Gasteiger partial charge on any atom is 0.304 e. The van der Waals surface area contributed by atoms with Crippen LogP contribution < -0.4 is 0 Å². The van der Waals surface area contributed by atoms with Crippen molar-refractivity contribution < 1.29 is 24.2 Å². The Hall–Kier alpha value is -2.71. The summed E-state index contributed by atoms with van der Waals surface area (Å²) in [5.74, 6) is -0.241. The Morgan fingerprint density at radius 2 is 1.67 bits per heavy atom. The minimum atomic E-state index is -0.841. The van der Waals surface area contributed by atoms with Gasteiger partial charge >= 0.3 is 11.9 Å². The summed E-state index contributed by atoms with van der Waals surface area (Å²) < 4.78 is 5.66. The topological polar surface area (TPSA) is 101 Å². The minimum absolute atomic E-state index is 0.0404. The number of rotatable bonds is 11. The van der Waals surface area contributed by atoms with Crippen molar-refractivity contribution in [2.75, 3.05) is 11.5 Å². The molecule has 0 aliphatic carbocycles. The first-order chi connectivity index (χ1) is 14.5. The SMILES string of the molecule is O=C(O)CCSC(SCCC(=O)O)c1cccc(/C=C/c2nc3ccccc3o2)c1. The molecule has 0 fully saturated rings. The number of hydrogen-bond acceptors (Lipinski definition) is 6. The number of carboxylic acid groups (broad SMARTS) is 2. The molecule has 2 N–H and O–H groups in total. The lowest BCUT2D eigenvalue weighted by Gasteiger charge is -2.16. The molecule has 3 aromatic rings. The third-order valence-corrected chi connectivity index (χ3v) is 6.93. The van der Waals surface area contributed by atoms with Gasteiger partial charge in [-0.2, -0.15) is 0 Å². The van der Waals surface area contributed by atoms with Crippen LogP contribution in [0.4, 0.5) is 0 Å². The molecule has 0 amide bonds. The van der Waals surface area contributed by atoms with Crippen LogP contribution in [0.1, 0.15) is 34.4 Å². The maximum absolute atomic E-state index is 10.8. The van der Waals surface area contributed by atoms with E-state index in [1.165, 1.54) is 23.5 Å². The van der Waals surface area contributed by atoms with Crippen LogP contribution in [0, 0.1) is 0 Å². The highest BCUT2D eigenvalue weighted by Gasteiger charge is 2.14. The number of carboxylic acids is 2. The minimum Gasteiger partial charge on any atom is -0.481 e. The molecule has 0 aliphatic rings. The molecule has 0 aliphatic heterocycles. The molecule has 0 spiro atoms. The standard InChI is InChI=1S/C22H21NO5S2/c24-20(25)10-12-29-22(30-13-11-21(26)27)16-5-3-4-15(14-16)8-9-19-23-17-6-1-2-7-18(17)28-19/h1-9,14,22H,10-13H2,(H,24,25)(H,26,27)/b9-8+. The van der Waals surface area contributed by atoms with Crippen molar-refractivity contribution in [1.29, 1.82) is 0 Å². The van der Waals surface area contributed by atoms with Gasteiger partial charge in [0.15, 0.2) is 5.58 Å². The molecular formula is C22H21NO5S2. The number of hydrogen-bond donors (Lipinski definition) is 2. The molecule has 6 nitrogen and oxygen atoms in total. The lowest BCUT2D eigenvalue weighted by molar-refractivity contribution is -0.137. The van der Waals surface area contributed by atoms with Crippen LogP contribution in [-0.2, 0) is 9.59 Å². The molecule has 0 unspecified atom stereocenters. The lowest BCUT2D eigenvalue weighted by atomic mass is 10.1. The van der Waals surface area contributed by atoms with E-state index in [0.717, 1.165) is 22.2 Å². The average molecular weight is 444 g/mol. The van der Waals surface area contributed by atoms with Crippen LogP contribution >= 0.6 is 23.5 Å². The number of fused-ring (bicyclic) bond motifs is 1. The van der Waals surface area contributed by atoms with E-state index in [9.17, 15) is 9.59 Å². The van der Waals surface area contributed by atoms with Crippen molar-refractivity contribution in [3.05, 3.63) is 65.5 Å². The van der Waals surface area contributed by atoms with Crippen molar-refractivity contribution in [1.82, 2.24) is 4.98 Å². The third-order valence-electron chi connectivity index (χ3n) is 4.08. The second kappa shape index (κ2) is 10.9. The second-order valence-electron chi connectivity index (χ2n) is 6.38. The fraction of sp³-hybridized carbons (Fsp3) is 0.227.